The lowest BCUT2D eigenvalue weighted by Gasteiger charge is -2.29. The van der Waals surface area contributed by atoms with E-state index >= 15 is 0 Å². The van der Waals surface area contributed by atoms with Gasteiger partial charge in [0.1, 0.15) is 17.2 Å². The molecule has 8 nitrogen and oxygen atoms in total. The molecule has 2 aromatic carbocycles. The summed E-state index contributed by atoms with van der Waals surface area (Å²) in [5.74, 6) is 0.315. The highest BCUT2D eigenvalue weighted by atomic mass is 16.6. The number of nitrogens with zero attached hydrogens (tertiary/aromatic N) is 2. The third-order valence-electron chi connectivity index (χ3n) is 5.19. The lowest BCUT2D eigenvalue weighted by atomic mass is 9.98. The number of nitrogens with two attached hydrogens (primary N) is 1. The molecule has 0 aliphatic rings. The molecule has 8 heteroatoms. The van der Waals surface area contributed by atoms with E-state index in [1.54, 1.807) is 50.6 Å². The number of hydrogen-bond donors (Lipinski definition) is 1. The number of fused-ring (bicyclic) bond motifs is 1. The molecule has 0 saturated heterocycles. The Hall–Kier alpha value is -3.81. The van der Waals surface area contributed by atoms with Crippen molar-refractivity contribution in [1.82, 2.24) is 4.57 Å². The van der Waals surface area contributed by atoms with Crippen molar-refractivity contribution in [2.75, 3.05) is 18.6 Å². The fraction of sp³-hybridized carbons (Fsp3) is 0.370. The fourth-order valence-electron chi connectivity index (χ4n) is 3.85. The van der Waals surface area contributed by atoms with E-state index in [0.29, 0.717) is 28.9 Å². The standard InChI is InChI=1S/C27H33N3O5/c1-17(2)15-30-24(29(6)26(33)35-27(3,4)5)23(18-10-8-7-9-11-18)20-13-12-19(34-16-22(28)31)14-21(20)25(30)32/h7-14,17H,15-16H2,1-6H3,(H2,28,31). The Morgan fingerprint density at radius 2 is 1.71 bits per heavy atom. The zero-order chi connectivity index (χ0) is 25.9. The zero-order valence-electron chi connectivity index (χ0n) is 21.1. The minimum absolute atomic E-state index is 0.119. The molecule has 186 valence electrons. The van der Waals surface area contributed by atoms with E-state index in [4.69, 9.17) is 15.2 Å². The summed E-state index contributed by atoms with van der Waals surface area (Å²) in [5.41, 5.74) is 5.79. The van der Waals surface area contributed by atoms with Crippen LogP contribution in [0.15, 0.2) is 53.3 Å². The van der Waals surface area contributed by atoms with Crippen LogP contribution in [-0.2, 0) is 16.1 Å². The molecule has 0 unspecified atom stereocenters. The van der Waals surface area contributed by atoms with Crippen molar-refractivity contribution < 1.29 is 19.1 Å². The van der Waals surface area contributed by atoms with Crippen LogP contribution in [0, 0.1) is 5.92 Å². The largest absolute Gasteiger partial charge is 0.484 e. The van der Waals surface area contributed by atoms with Gasteiger partial charge < -0.3 is 15.2 Å². The number of ether oxygens (including phenoxy) is 2. The number of primary amides is 1. The molecule has 0 bridgehead atoms. The van der Waals surface area contributed by atoms with Crippen molar-refractivity contribution in [2.45, 2.75) is 46.8 Å². The Morgan fingerprint density at radius 1 is 1.06 bits per heavy atom. The van der Waals surface area contributed by atoms with E-state index in [1.807, 2.05) is 44.2 Å². The summed E-state index contributed by atoms with van der Waals surface area (Å²) in [5, 5.41) is 1.06. The first-order valence-corrected chi connectivity index (χ1v) is 11.5. The summed E-state index contributed by atoms with van der Waals surface area (Å²) >= 11 is 0. The van der Waals surface area contributed by atoms with Crippen LogP contribution < -0.4 is 20.9 Å². The van der Waals surface area contributed by atoms with Crippen LogP contribution >= 0.6 is 0 Å². The normalized spacial score (nSPS) is 11.5. The fourth-order valence-corrected chi connectivity index (χ4v) is 3.85. The molecule has 0 aliphatic heterocycles. The number of anilines is 1. The summed E-state index contributed by atoms with van der Waals surface area (Å²) in [6, 6.07) is 14.6. The number of aromatic nitrogens is 1. The van der Waals surface area contributed by atoms with Gasteiger partial charge in [-0.25, -0.2) is 4.79 Å². The van der Waals surface area contributed by atoms with Crippen LogP contribution in [0.25, 0.3) is 21.9 Å². The van der Waals surface area contributed by atoms with Crippen LogP contribution in [0.5, 0.6) is 5.75 Å². The van der Waals surface area contributed by atoms with Crippen LogP contribution in [0.4, 0.5) is 10.6 Å². The first-order chi connectivity index (χ1) is 16.4. The molecule has 0 spiro atoms. The Bertz CT molecular complexity index is 1290. The van der Waals surface area contributed by atoms with Gasteiger partial charge in [0.2, 0.25) is 0 Å². The molecule has 0 aliphatic carbocycles. The molecule has 0 saturated carbocycles. The molecular weight excluding hydrogens is 446 g/mol. The van der Waals surface area contributed by atoms with Gasteiger partial charge in [0.15, 0.2) is 6.61 Å². The maximum atomic E-state index is 13.8. The molecule has 35 heavy (non-hydrogen) atoms. The summed E-state index contributed by atoms with van der Waals surface area (Å²) in [7, 11) is 1.61. The average Bonchev–Trinajstić information content (AvgIpc) is 2.78. The second kappa shape index (κ2) is 10.2. The maximum Gasteiger partial charge on any atom is 0.415 e. The van der Waals surface area contributed by atoms with Crippen LogP contribution in [0.1, 0.15) is 34.6 Å². The van der Waals surface area contributed by atoms with Crippen molar-refractivity contribution in [1.29, 1.82) is 0 Å². The van der Waals surface area contributed by atoms with E-state index in [1.165, 1.54) is 4.90 Å². The van der Waals surface area contributed by atoms with Gasteiger partial charge in [-0.3, -0.25) is 19.1 Å². The Morgan fingerprint density at radius 3 is 2.29 bits per heavy atom. The van der Waals surface area contributed by atoms with Crippen LogP contribution in [0.3, 0.4) is 0 Å². The third kappa shape index (κ3) is 6.01. The van der Waals surface area contributed by atoms with Crippen molar-refractivity contribution in [2.24, 2.45) is 11.7 Å². The van der Waals surface area contributed by atoms with Gasteiger partial charge in [-0.15, -0.1) is 0 Å². The molecule has 0 radical (unpaired) electrons. The minimum Gasteiger partial charge on any atom is -0.484 e. The van der Waals surface area contributed by atoms with Gasteiger partial charge >= 0.3 is 6.09 Å². The first kappa shape index (κ1) is 25.8. The van der Waals surface area contributed by atoms with Gasteiger partial charge in [0.25, 0.3) is 11.5 Å². The monoisotopic (exact) mass is 479 g/mol. The molecule has 1 aromatic heterocycles. The second-order valence-corrected chi connectivity index (χ2v) is 9.88. The number of carbonyl (C=O) groups is 2. The molecule has 1 heterocycles. The van der Waals surface area contributed by atoms with Gasteiger partial charge in [-0.2, -0.15) is 0 Å². The minimum atomic E-state index is -0.703. The third-order valence-corrected chi connectivity index (χ3v) is 5.19. The summed E-state index contributed by atoms with van der Waals surface area (Å²) in [6.07, 6.45) is -0.563. The second-order valence-electron chi connectivity index (χ2n) is 9.88. The van der Waals surface area contributed by atoms with E-state index in [-0.39, 0.29) is 18.1 Å². The van der Waals surface area contributed by atoms with Crippen LogP contribution in [0.2, 0.25) is 0 Å². The number of amides is 2. The van der Waals surface area contributed by atoms with E-state index in [0.717, 1.165) is 11.1 Å². The highest BCUT2D eigenvalue weighted by molar-refractivity contribution is 6.05. The molecule has 2 N–H and O–H groups in total. The quantitative estimate of drug-likeness (QED) is 0.535. The lowest BCUT2D eigenvalue weighted by Crippen LogP contribution is -2.38. The summed E-state index contributed by atoms with van der Waals surface area (Å²) < 4.78 is 12.7. The van der Waals surface area contributed by atoms with E-state index < -0.39 is 17.6 Å². The number of carbonyl (C=O) groups excluding carboxylic acids is 2. The first-order valence-electron chi connectivity index (χ1n) is 11.5. The topological polar surface area (TPSA) is 104 Å². The number of benzene rings is 2. The van der Waals surface area contributed by atoms with E-state index in [2.05, 4.69) is 0 Å². The van der Waals surface area contributed by atoms with Gasteiger partial charge in [-0.05, 0) is 55.8 Å². The van der Waals surface area contributed by atoms with Gasteiger partial charge in [0.05, 0.1) is 5.39 Å². The highest BCUT2D eigenvalue weighted by Gasteiger charge is 2.28. The predicted molar refractivity (Wildman–Crippen MR) is 138 cm³/mol. The molecule has 0 fully saturated rings. The van der Waals surface area contributed by atoms with Crippen molar-refractivity contribution >= 4 is 28.6 Å². The van der Waals surface area contributed by atoms with Crippen LogP contribution in [-0.4, -0.2) is 35.8 Å². The smallest absolute Gasteiger partial charge is 0.415 e. The molecule has 3 rings (SSSR count). The van der Waals surface area contributed by atoms with Crippen molar-refractivity contribution in [3.8, 4) is 16.9 Å². The predicted octanol–water partition coefficient (Wildman–Crippen LogP) is 4.56. The van der Waals surface area contributed by atoms with Gasteiger partial charge in [-0.1, -0.05) is 44.2 Å². The Balaban J connectivity index is 2.38. The average molecular weight is 480 g/mol. The molecule has 0 atom stereocenters. The van der Waals surface area contributed by atoms with Gasteiger partial charge in [0, 0.05) is 19.2 Å². The Labute approximate surface area is 205 Å². The number of pyridine rings is 1. The van der Waals surface area contributed by atoms with E-state index in [9.17, 15) is 14.4 Å². The number of hydrogen-bond acceptors (Lipinski definition) is 5. The highest BCUT2D eigenvalue weighted by Crippen LogP contribution is 2.37. The lowest BCUT2D eigenvalue weighted by molar-refractivity contribution is -0.119. The maximum absolute atomic E-state index is 13.8. The van der Waals surface area contributed by atoms with Crippen molar-refractivity contribution in [3.63, 3.8) is 0 Å². The SMILES string of the molecule is CC(C)Cn1c(N(C)C(=O)OC(C)(C)C)c(-c2ccccc2)c2ccc(OCC(N)=O)cc2c1=O. The zero-order valence-corrected chi connectivity index (χ0v) is 21.1. The number of rotatable bonds is 7. The molecule has 2 amide bonds. The summed E-state index contributed by atoms with van der Waals surface area (Å²) in [6.45, 7) is 9.48. The molecule has 3 aromatic rings. The Kier molecular flexibility index (Phi) is 7.53. The summed E-state index contributed by atoms with van der Waals surface area (Å²) in [4.78, 5) is 39.5. The van der Waals surface area contributed by atoms with Crippen molar-refractivity contribution in [3.05, 3.63) is 58.9 Å². The molecular formula is C27H33N3O5.